The summed E-state index contributed by atoms with van der Waals surface area (Å²) in [6.45, 7) is -0.633. The molecule has 0 aromatic heterocycles. The fourth-order valence-corrected chi connectivity index (χ4v) is 2.24. The Bertz CT molecular complexity index is 421. The van der Waals surface area contributed by atoms with Gasteiger partial charge in [0.2, 0.25) is 0 Å². The highest BCUT2D eigenvalue weighted by Gasteiger charge is 2.13. The maximum atomic E-state index is 13.2. The number of aromatic carboxylic acids is 1. The van der Waals surface area contributed by atoms with Gasteiger partial charge in [0.15, 0.2) is 0 Å². The van der Waals surface area contributed by atoms with Gasteiger partial charge in [-0.2, -0.15) is 0 Å². The first-order valence-electron chi connectivity index (χ1n) is 4.53. The minimum absolute atomic E-state index is 0.0174. The summed E-state index contributed by atoms with van der Waals surface area (Å²) in [5.74, 6) is -1.97. The summed E-state index contributed by atoms with van der Waals surface area (Å²) in [7, 11) is -1.70. The summed E-state index contributed by atoms with van der Waals surface area (Å²) in [5, 5.41) is 8.68. The molecule has 0 aliphatic heterocycles. The molecule has 1 aromatic carbocycles. The van der Waals surface area contributed by atoms with E-state index < -0.39 is 29.3 Å². The molecule has 3 nitrogen and oxygen atoms in total. The van der Waals surface area contributed by atoms with Gasteiger partial charge in [-0.15, -0.1) is 0 Å². The van der Waals surface area contributed by atoms with E-state index in [0.29, 0.717) is 0 Å². The molecule has 0 radical (unpaired) electrons. The minimum Gasteiger partial charge on any atom is -0.478 e. The average molecular weight is 248 g/mol. The van der Waals surface area contributed by atoms with Crippen LogP contribution >= 0.6 is 0 Å². The van der Waals surface area contributed by atoms with Crippen LogP contribution in [0.2, 0.25) is 0 Å². The van der Waals surface area contributed by atoms with E-state index in [1.165, 1.54) is 0 Å². The Labute approximate surface area is 93.6 Å². The smallest absolute Gasteiger partial charge is 0.335 e. The summed E-state index contributed by atoms with van der Waals surface area (Å²) in [6, 6.07) is 3.06. The number of benzene rings is 1. The van der Waals surface area contributed by atoms with E-state index in [1.807, 2.05) is 0 Å². The normalized spacial score (nSPS) is 12.4. The highest BCUT2D eigenvalue weighted by molar-refractivity contribution is 7.85. The molecule has 6 heteroatoms. The molecule has 0 saturated carbocycles. The number of rotatable bonds is 5. The summed E-state index contributed by atoms with van der Waals surface area (Å²) < 4.78 is 36.6. The zero-order chi connectivity index (χ0) is 12.1. The summed E-state index contributed by atoms with van der Waals surface area (Å²) in [6.07, 6.45) is 0.0589. The molecule has 0 bridgehead atoms. The van der Waals surface area contributed by atoms with Gasteiger partial charge in [-0.3, -0.25) is 8.60 Å². The molecule has 0 amide bonds. The fraction of sp³-hybridized carbons (Fsp3) is 0.300. The van der Waals surface area contributed by atoms with Gasteiger partial charge in [0.05, 0.1) is 27.9 Å². The van der Waals surface area contributed by atoms with E-state index >= 15 is 0 Å². The van der Waals surface area contributed by atoms with Crippen molar-refractivity contribution in [2.75, 3.05) is 12.4 Å². The quantitative estimate of drug-likeness (QED) is 0.867. The molecule has 0 aliphatic rings. The fourth-order valence-electron chi connectivity index (χ4n) is 1.11. The van der Waals surface area contributed by atoms with Gasteiger partial charge in [0, 0.05) is 5.75 Å². The number of halogens is 2. The molecule has 1 aromatic rings. The molecular weight excluding hydrogens is 238 g/mol. The van der Waals surface area contributed by atoms with Crippen LogP contribution < -0.4 is 0 Å². The maximum absolute atomic E-state index is 13.2. The lowest BCUT2D eigenvalue weighted by atomic mass is 10.2. The number of alkyl halides is 1. The van der Waals surface area contributed by atoms with Crippen molar-refractivity contribution < 1.29 is 22.9 Å². The van der Waals surface area contributed by atoms with Crippen LogP contribution in [0.4, 0.5) is 8.78 Å². The van der Waals surface area contributed by atoms with E-state index in [4.69, 9.17) is 5.11 Å². The van der Waals surface area contributed by atoms with Gasteiger partial charge < -0.3 is 5.11 Å². The van der Waals surface area contributed by atoms with E-state index in [0.717, 1.165) is 18.2 Å². The highest BCUT2D eigenvalue weighted by Crippen LogP contribution is 2.15. The van der Waals surface area contributed by atoms with E-state index in [-0.39, 0.29) is 22.6 Å². The third-order valence-corrected chi connectivity index (χ3v) is 3.35. The first kappa shape index (κ1) is 12.8. The van der Waals surface area contributed by atoms with E-state index in [2.05, 4.69) is 0 Å². The largest absolute Gasteiger partial charge is 0.478 e. The highest BCUT2D eigenvalue weighted by atomic mass is 32.2. The summed E-state index contributed by atoms with van der Waals surface area (Å²) in [5.41, 5.74) is -0.134. The Balaban J connectivity index is 2.97. The Hall–Kier alpha value is -1.30. The Morgan fingerprint density at radius 1 is 1.44 bits per heavy atom. The number of carboxylic acids is 1. The van der Waals surface area contributed by atoms with Gasteiger partial charge >= 0.3 is 5.97 Å². The van der Waals surface area contributed by atoms with Gasteiger partial charge in [0.1, 0.15) is 5.82 Å². The Kier molecular flexibility index (Phi) is 4.54. The molecule has 0 spiro atoms. The first-order valence-corrected chi connectivity index (χ1v) is 5.85. The monoisotopic (exact) mass is 248 g/mol. The summed E-state index contributed by atoms with van der Waals surface area (Å²) in [4.78, 5) is 10.4. The van der Waals surface area contributed by atoms with Gasteiger partial charge in [-0.1, -0.05) is 0 Å². The van der Waals surface area contributed by atoms with Crippen molar-refractivity contribution >= 4 is 16.8 Å². The number of carboxylic acid groups (broad SMARTS) is 1. The zero-order valence-corrected chi connectivity index (χ0v) is 9.10. The van der Waals surface area contributed by atoms with Crippen LogP contribution in [-0.2, 0) is 10.8 Å². The van der Waals surface area contributed by atoms with Crippen molar-refractivity contribution in [3.05, 3.63) is 29.6 Å². The first-order chi connectivity index (χ1) is 7.56. The molecule has 88 valence electrons. The molecule has 16 heavy (non-hydrogen) atoms. The Morgan fingerprint density at radius 3 is 2.69 bits per heavy atom. The van der Waals surface area contributed by atoms with Gasteiger partial charge in [-0.05, 0) is 24.6 Å². The van der Waals surface area contributed by atoms with Crippen molar-refractivity contribution in [1.82, 2.24) is 0 Å². The number of carbonyl (C=O) groups is 1. The average Bonchev–Trinajstić information content (AvgIpc) is 2.26. The van der Waals surface area contributed by atoms with E-state index in [1.54, 1.807) is 0 Å². The van der Waals surface area contributed by atoms with Crippen LogP contribution in [0.15, 0.2) is 23.1 Å². The van der Waals surface area contributed by atoms with Crippen molar-refractivity contribution in [2.24, 2.45) is 0 Å². The molecule has 1 atom stereocenters. The SMILES string of the molecule is O=C(O)c1ccc(F)c(S(=O)CCCF)c1. The van der Waals surface area contributed by atoms with E-state index in [9.17, 15) is 17.8 Å². The summed E-state index contributed by atoms with van der Waals surface area (Å²) >= 11 is 0. The third kappa shape index (κ3) is 3.10. The molecule has 0 fully saturated rings. The number of hydrogen-bond donors (Lipinski definition) is 1. The van der Waals surface area contributed by atoms with Crippen molar-refractivity contribution in [3.63, 3.8) is 0 Å². The van der Waals surface area contributed by atoms with Crippen molar-refractivity contribution in [2.45, 2.75) is 11.3 Å². The van der Waals surface area contributed by atoms with Crippen molar-refractivity contribution in [3.8, 4) is 0 Å². The molecule has 1 N–H and O–H groups in total. The van der Waals surface area contributed by atoms with Crippen molar-refractivity contribution in [1.29, 1.82) is 0 Å². The molecule has 0 aliphatic carbocycles. The predicted molar refractivity (Wildman–Crippen MR) is 55.2 cm³/mol. The molecular formula is C10H10F2O3S. The molecule has 0 saturated heterocycles. The zero-order valence-electron chi connectivity index (χ0n) is 8.28. The lowest BCUT2D eigenvalue weighted by molar-refractivity contribution is 0.0696. The minimum atomic E-state index is -1.70. The second-order valence-electron chi connectivity index (χ2n) is 3.04. The Morgan fingerprint density at radius 2 is 2.12 bits per heavy atom. The van der Waals surface area contributed by atoms with Gasteiger partial charge in [-0.25, -0.2) is 9.18 Å². The van der Waals surface area contributed by atoms with Crippen LogP contribution in [0, 0.1) is 5.82 Å². The standard InChI is InChI=1S/C10H10F2O3S/c11-4-1-5-16(15)9-6-7(10(13)14)2-3-8(9)12/h2-3,6H,1,4-5H2,(H,13,14). The third-order valence-electron chi connectivity index (χ3n) is 1.89. The molecule has 0 heterocycles. The van der Waals surface area contributed by atoms with Crippen LogP contribution in [0.3, 0.4) is 0 Å². The van der Waals surface area contributed by atoms with Gasteiger partial charge in [0.25, 0.3) is 0 Å². The second kappa shape index (κ2) is 5.69. The second-order valence-corrected chi connectivity index (χ2v) is 4.58. The topological polar surface area (TPSA) is 54.4 Å². The lowest BCUT2D eigenvalue weighted by Gasteiger charge is -2.03. The maximum Gasteiger partial charge on any atom is 0.335 e. The molecule has 1 rings (SSSR count). The van der Waals surface area contributed by atoms with Crippen LogP contribution in [0.5, 0.6) is 0 Å². The number of hydrogen-bond acceptors (Lipinski definition) is 2. The molecule has 1 unspecified atom stereocenters. The van der Waals surface area contributed by atoms with Crippen LogP contribution in [-0.4, -0.2) is 27.7 Å². The predicted octanol–water partition coefficient (Wildman–Crippen LogP) is 1.99. The van der Waals surface area contributed by atoms with Crippen LogP contribution in [0.25, 0.3) is 0 Å². The van der Waals surface area contributed by atoms with Crippen LogP contribution in [0.1, 0.15) is 16.8 Å². The lowest BCUT2D eigenvalue weighted by Crippen LogP contribution is -2.05.